The highest BCUT2D eigenvalue weighted by atomic mass is 16.5. The summed E-state index contributed by atoms with van der Waals surface area (Å²) in [6.07, 6.45) is 11.7. The number of hydrogen-bond acceptors (Lipinski definition) is 11. The lowest BCUT2D eigenvalue weighted by molar-refractivity contribution is -0.135. The molecule has 16 heteroatoms. The molecule has 328 valence electrons. The van der Waals surface area contributed by atoms with E-state index in [0.29, 0.717) is 70.3 Å². The first-order valence-corrected chi connectivity index (χ1v) is 22.3. The number of carbonyl (C=O) groups excluding carboxylic acids is 3. The van der Waals surface area contributed by atoms with Gasteiger partial charge in [0.25, 0.3) is 5.91 Å². The van der Waals surface area contributed by atoms with Crippen molar-refractivity contribution in [2.45, 2.75) is 88.0 Å². The van der Waals surface area contributed by atoms with Gasteiger partial charge in [-0.05, 0) is 99.1 Å². The Balaban J connectivity index is 0.700. The minimum Gasteiger partial charge on any atom is -0.495 e. The Morgan fingerprint density at radius 1 is 1.03 bits per heavy atom. The molecule has 4 saturated heterocycles. The maximum absolute atomic E-state index is 13.8. The summed E-state index contributed by atoms with van der Waals surface area (Å²) in [7, 11) is 3.30. The van der Waals surface area contributed by atoms with Crippen LogP contribution in [0.15, 0.2) is 59.7 Å². The van der Waals surface area contributed by atoms with Crippen LogP contribution >= 0.6 is 0 Å². The van der Waals surface area contributed by atoms with Crippen LogP contribution in [-0.4, -0.2) is 111 Å². The van der Waals surface area contributed by atoms with Crippen molar-refractivity contribution in [3.63, 3.8) is 0 Å². The first kappa shape index (κ1) is 41.0. The second kappa shape index (κ2) is 17.3. The summed E-state index contributed by atoms with van der Waals surface area (Å²) >= 11 is 0. The predicted molar refractivity (Wildman–Crippen MR) is 235 cm³/mol. The number of amides is 3. The molecule has 4 aliphatic heterocycles. The first-order valence-electron chi connectivity index (χ1n) is 22.3. The number of hydrogen-bond donors (Lipinski definition) is 2. The van der Waals surface area contributed by atoms with Gasteiger partial charge in [0.05, 0.1) is 60.4 Å². The molecule has 3 amide bonds. The van der Waals surface area contributed by atoms with Crippen molar-refractivity contribution in [3.8, 4) is 17.6 Å². The first-order chi connectivity index (χ1) is 30.7. The van der Waals surface area contributed by atoms with Crippen LogP contribution in [0.5, 0.6) is 5.75 Å². The number of aryl methyl sites for hydroxylation is 1. The number of benzene rings is 2. The largest absolute Gasteiger partial charge is 0.495 e. The number of likely N-dealkylation sites (tertiary alicyclic amines) is 1. The summed E-state index contributed by atoms with van der Waals surface area (Å²) in [5.41, 5.74) is 4.45. The molecule has 7 heterocycles. The molecule has 3 aromatic heterocycles. The number of morpholine rings is 1. The van der Waals surface area contributed by atoms with E-state index in [1.165, 1.54) is 14.7 Å². The molecule has 10 rings (SSSR count). The van der Waals surface area contributed by atoms with Gasteiger partial charge in [-0.2, -0.15) is 5.10 Å². The van der Waals surface area contributed by atoms with Gasteiger partial charge >= 0.3 is 5.69 Å². The Bertz CT molecular complexity index is 2700. The highest BCUT2D eigenvalue weighted by molar-refractivity contribution is 6.09. The Morgan fingerprint density at radius 3 is 2.63 bits per heavy atom. The summed E-state index contributed by atoms with van der Waals surface area (Å²) < 4.78 is 22.3. The number of piperidine rings is 2. The fraction of sp³-hybridized carbons (Fsp3) is 0.489. The molecule has 63 heavy (non-hydrogen) atoms. The van der Waals surface area contributed by atoms with Crippen molar-refractivity contribution in [2.24, 2.45) is 13.0 Å². The highest BCUT2D eigenvalue weighted by Gasteiger charge is 2.40. The lowest BCUT2D eigenvalue weighted by atomic mass is 9.78. The van der Waals surface area contributed by atoms with Gasteiger partial charge in [-0.1, -0.05) is 24.0 Å². The Kier molecular flexibility index (Phi) is 11.2. The van der Waals surface area contributed by atoms with E-state index < -0.39 is 11.9 Å². The summed E-state index contributed by atoms with van der Waals surface area (Å²) in [5.74, 6) is 7.82. The Hall–Kier alpha value is -6.02. The summed E-state index contributed by atoms with van der Waals surface area (Å²) in [4.78, 5) is 61.1. The van der Waals surface area contributed by atoms with Crippen LogP contribution in [0.2, 0.25) is 0 Å². The second-order valence-electron chi connectivity index (χ2n) is 17.7. The summed E-state index contributed by atoms with van der Waals surface area (Å²) in [5, 5.41) is 9.89. The van der Waals surface area contributed by atoms with Crippen LogP contribution in [0.3, 0.4) is 0 Å². The molecule has 2 bridgehead atoms. The number of anilines is 2. The van der Waals surface area contributed by atoms with Crippen molar-refractivity contribution in [1.29, 1.82) is 0 Å². The number of fused-ring (bicyclic) bond motifs is 4. The van der Waals surface area contributed by atoms with E-state index in [0.717, 1.165) is 76.9 Å². The average molecular weight is 856 g/mol. The highest BCUT2D eigenvalue weighted by Crippen LogP contribution is 2.39. The number of ether oxygens (including phenoxy) is 3. The minimum absolute atomic E-state index is 0.145. The van der Waals surface area contributed by atoms with Gasteiger partial charge in [-0.3, -0.25) is 28.8 Å². The Morgan fingerprint density at radius 2 is 1.87 bits per heavy atom. The minimum atomic E-state index is -0.738. The lowest BCUT2D eigenvalue weighted by Gasteiger charge is -2.36. The molecule has 5 aliphatic rings. The quantitative estimate of drug-likeness (QED) is 0.151. The van der Waals surface area contributed by atoms with Crippen LogP contribution in [0.4, 0.5) is 11.5 Å². The number of rotatable bonds is 10. The van der Waals surface area contributed by atoms with Gasteiger partial charge in [-0.25, -0.2) is 14.3 Å². The van der Waals surface area contributed by atoms with E-state index in [4.69, 9.17) is 19.2 Å². The fourth-order valence-electron chi connectivity index (χ4n) is 10.5. The molecular weight excluding hydrogens is 803 g/mol. The number of nitrogens with one attached hydrogen (secondary N) is 2. The number of carbonyl (C=O) groups is 3. The third kappa shape index (κ3) is 8.09. The number of imidazole rings is 1. The number of imide groups is 1. The van der Waals surface area contributed by atoms with Crippen LogP contribution in [0, 0.1) is 17.8 Å². The van der Waals surface area contributed by atoms with E-state index >= 15 is 0 Å². The third-order valence-corrected chi connectivity index (χ3v) is 13.9. The SMILES string of the molecule is COc1ccc(C2CCC(CN3CCC(OCC#Cc4cccc5c4n(C)c(=O)n5C4CCC(=O)NC4=O)CC3)CC2)cc1NC(=O)c1cnn2ccc(N3C[C@H]4C[C@@H]3CO4)nc12. The number of aromatic nitrogens is 5. The zero-order valence-corrected chi connectivity index (χ0v) is 35.8. The molecule has 5 aromatic rings. The van der Waals surface area contributed by atoms with Crippen LogP contribution in [-0.2, 0) is 26.1 Å². The van der Waals surface area contributed by atoms with Crippen molar-refractivity contribution in [3.05, 3.63) is 82.0 Å². The van der Waals surface area contributed by atoms with Crippen molar-refractivity contribution < 1.29 is 28.6 Å². The van der Waals surface area contributed by atoms with Gasteiger partial charge in [0, 0.05) is 45.8 Å². The molecule has 0 radical (unpaired) electrons. The maximum Gasteiger partial charge on any atom is 0.329 e. The van der Waals surface area contributed by atoms with Gasteiger partial charge in [0.15, 0.2) is 5.65 Å². The monoisotopic (exact) mass is 855 g/mol. The van der Waals surface area contributed by atoms with Crippen LogP contribution in [0.25, 0.3) is 16.7 Å². The zero-order chi connectivity index (χ0) is 43.2. The summed E-state index contributed by atoms with van der Waals surface area (Å²) in [6.45, 7) is 4.88. The number of nitrogens with zero attached hydrogens (tertiary/aromatic N) is 7. The van der Waals surface area contributed by atoms with Crippen LogP contribution < -0.4 is 26.0 Å². The molecule has 1 aliphatic carbocycles. The van der Waals surface area contributed by atoms with Gasteiger partial charge in [0.2, 0.25) is 11.8 Å². The average Bonchev–Trinajstić information content (AvgIpc) is 4.10. The standard InChI is InChI=1S/C47H53N9O7/c1-52-43-31(5-3-7-38(43)56(47(52)60)39-13-15-42(57)51-46(39)59)6-4-22-62-34-16-19-53(20-17-34)26-29-8-10-30(11-9-29)32-12-14-40(61-2)37(23-32)49-45(58)36-25-48-55-21-18-41(50-44(36)55)54-27-35-24-33(54)28-63-35/h3,5,7,12,14,18,21,23,25,29-30,33-35,39H,8-11,13,15-17,19-20,22,24,26-28H2,1-2H3,(H,49,58)(H,51,57,59)/t29?,30?,33-,35-,39?/m1/s1. The smallest absolute Gasteiger partial charge is 0.329 e. The molecule has 5 fully saturated rings. The summed E-state index contributed by atoms with van der Waals surface area (Å²) in [6, 6.07) is 13.2. The van der Waals surface area contributed by atoms with Crippen molar-refractivity contribution >= 4 is 45.9 Å². The second-order valence-corrected chi connectivity index (χ2v) is 17.7. The number of methoxy groups -OCH3 is 1. The predicted octanol–water partition coefficient (Wildman–Crippen LogP) is 4.41. The van der Waals surface area contributed by atoms with Gasteiger partial charge in [0.1, 0.15) is 29.8 Å². The van der Waals surface area contributed by atoms with Crippen molar-refractivity contribution in [1.82, 2.24) is 33.9 Å². The van der Waals surface area contributed by atoms with E-state index in [9.17, 15) is 19.2 Å². The number of para-hydroxylation sites is 1. The third-order valence-electron chi connectivity index (χ3n) is 13.9. The topological polar surface area (TPSA) is 167 Å². The molecular formula is C47H53N9O7. The van der Waals surface area contributed by atoms with E-state index in [2.05, 4.69) is 49.5 Å². The molecule has 3 atom stereocenters. The molecule has 1 unspecified atom stereocenters. The maximum atomic E-state index is 13.8. The molecule has 16 nitrogen and oxygen atoms in total. The van der Waals surface area contributed by atoms with E-state index in [1.54, 1.807) is 24.9 Å². The van der Waals surface area contributed by atoms with Gasteiger partial charge < -0.3 is 29.3 Å². The molecule has 2 aromatic carbocycles. The van der Waals surface area contributed by atoms with Crippen LogP contribution in [0.1, 0.15) is 91.2 Å². The molecule has 0 spiro atoms. The molecule has 2 N–H and O–H groups in total. The van der Waals surface area contributed by atoms with E-state index in [1.807, 2.05) is 36.5 Å². The van der Waals surface area contributed by atoms with Gasteiger partial charge in [-0.15, -0.1) is 0 Å². The zero-order valence-electron chi connectivity index (χ0n) is 35.8. The fourth-order valence-corrected chi connectivity index (χ4v) is 10.5. The Labute approximate surface area is 364 Å². The molecule has 1 saturated carbocycles. The normalized spacial score (nSPS) is 24.2. The lowest BCUT2D eigenvalue weighted by Crippen LogP contribution is -2.44. The van der Waals surface area contributed by atoms with E-state index in [-0.39, 0.29) is 42.6 Å². The van der Waals surface area contributed by atoms with Crippen molar-refractivity contribution in [2.75, 3.05) is 56.7 Å².